The Labute approximate surface area is 116 Å². The number of benzene rings is 2. The van der Waals surface area contributed by atoms with Gasteiger partial charge in [0.15, 0.2) is 0 Å². The van der Waals surface area contributed by atoms with Gasteiger partial charge in [-0.15, -0.1) is 0 Å². The van der Waals surface area contributed by atoms with Crippen molar-refractivity contribution in [3.05, 3.63) is 73.8 Å². The Balaban J connectivity index is 2.49. The fourth-order valence-corrected chi connectivity index (χ4v) is 2.57. The Bertz CT molecular complexity index is 866. The van der Waals surface area contributed by atoms with Crippen LogP contribution in [0.1, 0.15) is 0 Å². The van der Waals surface area contributed by atoms with E-state index < -0.39 is 5.69 Å². The first kappa shape index (κ1) is 11.9. The monoisotopic (exact) mass is 316 g/mol. The highest BCUT2D eigenvalue weighted by molar-refractivity contribution is 9.10. The zero-order chi connectivity index (χ0) is 13.4. The zero-order valence-electron chi connectivity index (χ0n) is 9.76. The van der Waals surface area contributed by atoms with E-state index in [-0.39, 0.29) is 5.56 Å². The van der Waals surface area contributed by atoms with Gasteiger partial charge < -0.3 is 4.98 Å². The molecule has 1 N–H and O–H groups in total. The molecule has 0 saturated carbocycles. The molecule has 0 radical (unpaired) electrons. The molecule has 19 heavy (non-hydrogen) atoms. The molecule has 3 rings (SSSR count). The van der Waals surface area contributed by atoms with Crippen LogP contribution in [0, 0.1) is 0 Å². The van der Waals surface area contributed by atoms with E-state index in [4.69, 9.17) is 0 Å². The number of fused-ring (bicyclic) bond motifs is 1. The van der Waals surface area contributed by atoms with Crippen LogP contribution in [0.25, 0.3) is 16.6 Å². The summed E-state index contributed by atoms with van der Waals surface area (Å²) in [6.07, 6.45) is 0. The molecule has 94 valence electrons. The fraction of sp³-hybridized carbons (Fsp3) is 0. The quantitative estimate of drug-likeness (QED) is 0.749. The van der Waals surface area contributed by atoms with Crippen molar-refractivity contribution in [1.82, 2.24) is 9.55 Å². The molecule has 0 fully saturated rings. The molecule has 5 heteroatoms. The summed E-state index contributed by atoms with van der Waals surface area (Å²) in [5.41, 5.74) is 0.294. The summed E-state index contributed by atoms with van der Waals surface area (Å²) in [4.78, 5) is 27.3. The van der Waals surface area contributed by atoms with Crippen molar-refractivity contribution >= 4 is 26.8 Å². The molecule has 2 aromatic carbocycles. The molecule has 0 atom stereocenters. The lowest BCUT2D eigenvalue weighted by atomic mass is 10.2. The van der Waals surface area contributed by atoms with Crippen LogP contribution in [0.5, 0.6) is 0 Å². The van der Waals surface area contributed by atoms with Crippen molar-refractivity contribution in [3.63, 3.8) is 0 Å². The lowest BCUT2D eigenvalue weighted by Gasteiger charge is -2.06. The van der Waals surface area contributed by atoms with E-state index in [0.717, 1.165) is 4.57 Å². The number of nitrogens with one attached hydrogen (secondary N) is 1. The minimum atomic E-state index is -0.443. The predicted octanol–water partition coefficient (Wildman–Crippen LogP) is 2.44. The maximum Gasteiger partial charge on any atom is 0.333 e. The number of halogens is 1. The topological polar surface area (TPSA) is 54.9 Å². The van der Waals surface area contributed by atoms with Crippen molar-refractivity contribution in [3.8, 4) is 5.69 Å². The summed E-state index contributed by atoms with van der Waals surface area (Å²) in [7, 11) is 0. The Morgan fingerprint density at radius 2 is 1.68 bits per heavy atom. The molecular formula is C14H9BrN2O2. The van der Waals surface area contributed by atoms with E-state index >= 15 is 0 Å². The van der Waals surface area contributed by atoms with Gasteiger partial charge in [0.2, 0.25) is 0 Å². The van der Waals surface area contributed by atoms with E-state index in [9.17, 15) is 9.59 Å². The summed E-state index contributed by atoms with van der Waals surface area (Å²) in [6.45, 7) is 0. The van der Waals surface area contributed by atoms with E-state index in [1.807, 2.05) is 6.07 Å². The van der Waals surface area contributed by atoms with Crippen LogP contribution in [-0.2, 0) is 0 Å². The lowest BCUT2D eigenvalue weighted by Crippen LogP contribution is -2.33. The molecule has 4 nitrogen and oxygen atoms in total. The van der Waals surface area contributed by atoms with Gasteiger partial charge in [-0.1, -0.05) is 24.3 Å². The molecule has 0 aliphatic rings. The molecule has 0 bridgehead atoms. The first-order valence-electron chi connectivity index (χ1n) is 5.67. The summed E-state index contributed by atoms with van der Waals surface area (Å²) < 4.78 is 1.79. The van der Waals surface area contributed by atoms with Gasteiger partial charge in [-0.3, -0.25) is 4.79 Å². The Kier molecular flexibility index (Phi) is 2.83. The second kappa shape index (κ2) is 4.51. The van der Waals surface area contributed by atoms with Crippen molar-refractivity contribution in [2.24, 2.45) is 0 Å². The van der Waals surface area contributed by atoms with Gasteiger partial charge in [-0.25, -0.2) is 9.36 Å². The third-order valence-corrected chi connectivity index (χ3v) is 3.55. The second-order valence-corrected chi connectivity index (χ2v) is 4.92. The number of aromatic nitrogens is 2. The standard InChI is InChI=1S/C14H9BrN2O2/c15-10-7-4-8-11-12(10)13(18)17(14(19)16-11)9-5-2-1-3-6-9/h1-8H,(H,16,19). The van der Waals surface area contributed by atoms with E-state index in [1.54, 1.807) is 42.5 Å². The van der Waals surface area contributed by atoms with Crippen molar-refractivity contribution < 1.29 is 0 Å². The fourth-order valence-electron chi connectivity index (χ4n) is 2.03. The highest BCUT2D eigenvalue weighted by Gasteiger charge is 2.11. The second-order valence-electron chi connectivity index (χ2n) is 4.07. The minimum absolute atomic E-state index is 0.336. The summed E-state index contributed by atoms with van der Waals surface area (Å²) in [5, 5.41) is 0.464. The third kappa shape index (κ3) is 1.92. The molecule has 0 spiro atoms. The molecule has 0 aliphatic heterocycles. The highest BCUT2D eigenvalue weighted by atomic mass is 79.9. The smallest absolute Gasteiger partial charge is 0.306 e. The van der Waals surface area contributed by atoms with Gasteiger partial charge in [-0.2, -0.15) is 0 Å². The van der Waals surface area contributed by atoms with Crippen LogP contribution in [0.2, 0.25) is 0 Å². The summed E-state index contributed by atoms with van der Waals surface area (Å²) in [5.74, 6) is 0. The number of rotatable bonds is 1. The third-order valence-electron chi connectivity index (χ3n) is 2.89. The largest absolute Gasteiger partial charge is 0.333 e. The van der Waals surface area contributed by atoms with Gasteiger partial charge >= 0.3 is 5.69 Å². The zero-order valence-corrected chi connectivity index (χ0v) is 11.3. The summed E-state index contributed by atoms with van der Waals surface area (Å²) in [6, 6.07) is 14.1. The molecule has 1 heterocycles. The average molecular weight is 317 g/mol. The maximum absolute atomic E-state index is 12.5. The average Bonchev–Trinajstić information content (AvgIpc) is 2.39. The highest BCUT2D eigenvalue weighted by Crippen LogP contribution is 2.18. The number of H-pyrrole nitrogens is 1. The van der Waals surface area contributed by atoms with Crippen LogP contribution >= 0.6 is 15.9 Å². The van der Waals surface area contributed by atoms with Crippen molar-refractivity contribution in [2.75, 3.05) is 0 Å². The Hall–Kier alpha value is -2.14. The SMILES string of the molecule is O=c1[nH]c2cccc(Br)c2c(=O)n1-c1ccccc1. The minimum Gasteiger partial charge on any atom is -0.306 e. The predicted molar refractivity (Wildman–Crippen MR) is 77.9 cm³/mol. The number of hydrogen-bond acceptors (Lipinski definition) is 2. The van der Waals surface area contributed by atoms with Crippen molar-refractivity contribution in [2.45, 2.75) is 0 Å². The van der Waals surface area contributed by atoms with Crippen molar-refractivity contribution in [1.29, 1.82) is 0 Å². The normalized spacial score (nSPS) is 10.8. The van der Waals surface area contributed by atoms with E-state index in [1.165, 1.54) is 0 Å². The number of aromatic amines is 1. The Morgan fingerprint density at radius 3 is 2.42 bits per heavy atom. The molecule has 0 aliphatic carbocycles. The Morgan fingerprint density at radius 1 is 0.947 bits per heavy atom. The lowest BCUT2D eigenvalue weighted by molar-refractivity contribution is 0.901. The molecule has 0 amide bonds. The molecule has 3 aromatic rings. The molecule has 1 aromatic heterocycles. The van der Waals surface area contributed by atoms with Crippen LogP contribution in [0.3, 0.4) is 0 Å². The number of para-hydroxylation sites is 1. The van der Waals surface area contributed by atoms with Crippen LogP contribution < -0.4 is 11.2 Å². The van der Waals surface area contributed by atoms with E-state index in [2.05, 4.69) is 20.9 Å². The first-order valence-corrected chi connectivity index (χ1v) is 6.47. The first-order chi connectivity index (χ1) is 9.18. The number of nitrogens with zero attached hydrogens (tertiary/aromatic N) is 1. The maximum atomic E-state index is 12.5. The van der Waals surface area contributed by atoms with Gasteiger partial charge in [0.1, 0.15) is 0 Å². The summed E-state index contributed by atoms with van der Waals surface area (Å²) >= 11 is 3.34. The molecule has 0 unspecified atom stereocenters. The van der Waals surface area contributed by atoms with Crippen LogP contribution in [0.15, 0.2) is 62.6 Å². The van der Waals surface area contributed by atoms with Crippen LogP contribution in [0.4, 0.5) is 0 Å². The van der Waals surface area contributed by atoms with Gasteiger partial charge in [0, 0.05) is 4.47 Å². The van der Waals surface area contributed by atoms with Crippen LogP contribution in [-0.4, -0.2) is 9.55 Å². The molecular weight excluding hydrogens is 308 g/mol. The van der Waals surface area contributed by atoms with Gasteiger partial charge in [-0.05, 0) is 40.2 Å². The van der Waals surface area contributed by atoms with Gasteiger partial charge in [0.05, 0.1) is 16.6 Å². The molecule has 0 saturated heterocycles. The number of hydrogen-bond donors (Lipinski definition) is 1. The van der Waals surface area contributed by atoms with E-state index in [0.29, 0.717) is 21.1 Å². The van der Waals surface area contributed by atoms with Gasteiger partial charge in [0.25, 0.3) is 5.56 Å².